The number of furan rings is 2. The molecule has 1 unspecified atom stereocenters. The average molecular weight is 1030 g/mol. The Kier molecular flexibility index (Phi) is 9.31. The van der Waals surface area contributed by atoms with Crippen LogP contribution in [0.4, 0.5) is 0 Å². The highest BCUT2D eigenvalue weighted by molar-refractivity contribution is 6.20. The van der Waals surface area contributed by atoms with Crippen LogP contribution in [-0.2, 0) is 27.1 Å². The van der Waals surface area contributed by atoms with Crippen molar-refractivity contribution in [3.63, 3.8) is 0 Å². The van der Waals surface area contributed by atoms with E-state index in [4.69, 9.17) is 8.83 Å². The summed E-state index contributed by atoms with van der Waals surface area (Å²) in [6, 6.07) is 71.7. The number of hydrogen-bond donors (Lipinski definition) is 0. The monoisotopic (exact) mass is 1030 g/mol. The Balaban J connectivity index is 0.900. The second-order valence-corrected chi connectivity index (χ2v) is 26.8. The third kappa shape index (κ3) is 6.09. The number of hydrogen-bond acceptors (Lipinski definition) is 2. The molecular formula is C78H64O2. The lowest BCUT2D eigenvalue weighted by molar-refractivity contribution is 0.572. The van der Waals surface area contributed by atoms with Gasteiger partial charge >= 0.3 is 0 Å². The fourth-order valence-corrected chi connectivity index (χ4v) is 15.5. The lowest BCUT2D eigenvalue weighted by Gasteiger charge is -2.30. The lowest BCUT2D eigenvalue weighted by atomic mass is 9.72. The molecule has 3 aliphatic rings. The first-order chi connectivity index (χ1) is 38.3. The van der Waals surface area contributed by atoms with Crippen molar-refractivity contribution in [2.24, 2.45) is 0 Å². The standard InChI is InChI=1S/C78H64O2/c1-74(2,3)58-33-19-31-50-70-48(29-21-35-66(70)79-72(50)58)52-37-64-68(46-27-17-15-25-44(46)52)56-41-60-54(39-62(56)77(64,9)10)55-40-63-57(42-61(55)76(60,7)8)69-47-28-18-16-26-45(47)53(38-65(69)78(63,11)43-23-13-12-14-24-43)49-30-22-36-67-71(49)51-32-20-34-59(73(51)80-67)75(4,5)6/h12-42H,1-11H3. The predicted octanol–water partition coefficient (Wildman–Crippen LogP) is 21.7. The van der Waals surface area contributed by atoms with Gasteiger partial charge in [0.05, 0.1) is 0 Å². The zero-order valence-electron chi connectivity index (χ0n) is 47.7. The van der Waals surface area contributed by atoms with E-state index in [0.717, 1.165) is 22.3 Å². The largest absolute Gasteiger partial charge is 0.456 e. The van der Waals surface area contributed by atoms with E-state index in [2.05, 4.69) is 264 Å². The molecule has 0 saturated heterocycles. The van der Waals surface area contributed by atoms with Crippen molar-refractivity contribution < 1.29 is 8.83 Å². The quantitative estimate of drug-likeness (QED) is 0.176. The summed E-state index contributed by atoms with van der Waals surface area (Å²) < 4.78 is 13.7. The molecule has 3 aliphatic carbocycles. The topological polar surface area (TPSA) is 26.3 Å². The molecule has 0 bridgehead atoms. The zero-order valence-corrected chi connectivity index (χ0v) is 47.7. The van der Waals surface area contributed by atoms with Crippen molar-refractivity contribution in [3.8, 4) is 55.6 Å². The Morgan fingerprint density at radius 1 is 0.300 bits per heavy atom. The number of fused-ring (bicyclic) bond motifs is 19. The minimum absolute atomic E-state index is 0.0600. The van der Waals surface area contributed by atoms with Gasteiger partial charge in [-0.1, -0.05) is 209 Å². The molecule has 11 aromatic carbocycles. The summed E-state index contributed by atoms with van der Waals surface area (Å²) in [5.74, 6) is 0. The first-order valence-electron chi connectivity index (χ1n) is 28.8. The number of para-hydroxylation sites is 2. The molecule has 0 spiro atoms. The highest BCUT2D eigenvalue weighted by Gasteiger charge is 2.48. The maximum Gasteiger partial charge on any atom is 0.139 e. The van der Waals surface area contributed by atoms with Crippen molar-refractivity contribution in [1.82, 2.24) is 0 Å². The summed E-state index contributed by atoms with van der Waals surface area (Å²) in [5.41, 5.74) is 27.7. The summed E-state index contributed by atoms with van der Waals surface area (Å²) in [7, 11) is 0. The molecule has 2 aromatic heterocycles. The van der Waals surface area contributed by atoms with Gasteiger partial charge in [0.1, 0.15) is 22.3 Å². The van der Waals surface area contributed by atoms with Crippen LogP contribution >= 0.6 is 0 Å². The van der Waals surface area contributed by atoms with Crippen LogP contribution in [0.2, 0.25) is 0 Å². The van der Waals surface area contributed by atoms with Gasteiger partial charge < -0.3 is 8.83 Å². The van der Waals surface area contributed by atoms with Crippen LogP contribution in [-0.4, -0.2) is 0 Å². The maximum absolute atomic E-state index is 6.87. The SMILES string of the molecule is CC(C)(C)c1cccc2c1oc1cccc(-c3cc4c(c5ccccc35)-c3cc5c(cc3C4(C)C)-c3cc4c(cc3C5(C)C)-c3c(cc(-c5cccc6oc7c(C(C)(C)C)cccc7c56)c5ccccc35)C4(C)c3ccccc3)c12. The van der Waals surface area contributed by atoms with E-state index >= 15 is 0 Å². The highest BCUT2D eigenvalue weighted by Crippen LogP contribution is 2.63. The summed E-state index contributed by atoms with van der Waals surface area (Å²) in [5, 5.41) is 9.80. The average Bonchev–Trinajstić information content (AvgIpc) is 4.38. The molecule has 2 nitrogen and oxygen atoms in total. The van der Waals surface area contributed by atoms with Gasteiger partial charge in [-0.05, 0) is 182 Å². The zero-order chi connectivity index (χ0) is 54.7. The van der Waals surface area contributed by atoms with E-state index in [0.29, 0.717) is 0 Å². The molecule has 80 heavy (non-hydrogen) atoms. The minimum atomic E-state index is -0.461. The van der Waals surface area contributed by atoms with Crippen LogP contribution < -0.4 is 0 Å². The molecule has 0 saturated carbocycles. The van der Waals surface area contributed by atoms with Crippen LogP contribution in [0.15, 0.2) is 197 Å². The van der Waals surface area contributed by atoms with Crippen molar-refractivity contribution in [2.45, 2.75) is 103 Å². The summed E-state index contributed by atoms with van der Waals surface area (Å²) >= 11 is 0. The fourth-order valence-electron chi connectivity index (χ4n) is 15.5. The van der Waals surface area contributed by atoms with E-state index in [1.165, 1.54) is 149 Å². The van der Waals surface area contributed by atoms with Crippen LogP contribution in [0.1, 0.15) is 126 Å². The summed E-state index contributed by atoms with van der Waals surface area (Å²) in [6.45, 7) is 26.0. The van der Waals surface area contributed by atoms with Gasteiger partial charge in [-0.2, -0.15) is 0 Å². The normalized spacial score (nSPS) is 16.7. The lowest BCUT2D eigenvalue weighted by Crippen LogP contribution is -2.23. The Morgan fingerprint density at radius 3 is 1.19 bits per heavy atom. The maximum atomic E-state index is 6.87. The predicted molar refractivity (Wildman–Crippen MR) is 337 cm³/mol. The molecule has 16 rings (SSSR count). The first kappa shape index (κ1) is 47.5. The third-order valence-corrected chi connectivity index (χ3v) is 19.6. The van der Waals surface area contributed by atoms with E-state index in [1.807, 2.05) is 0 Å². The van der Waals surface area contributed by atoms with Gasteiger partial charge in [0, 0.05) is 48.9 Å². The van der Waals surface area contributed by atoms with E-state index in [1.54, 1.807) is 0 Å². The molecule has 0 aliphatic heterocycles. The Morgan fingerprint density at radius 2 is 0.675 bits per heavy atom. The van der Waals surface area contributed by atoms with Crippen molar-refractivity contribution >= 4 is 65.4 Å². The molecule has 0 fully saturated rings. The molecule has 0 N–H and O–H groups in total. The van der Waals surface area contributed by atoms with Gasteiger partial charge in [-0.25, -0.2) is 0 Å². The van der Waals surface area contributed by atoms with Crippen LogP contribution in [0.5, 0.6) is 0 Å². The second-order valence-electron chi connectivity index (χ2n) is 26.8. The van der Waals surface area contributed by atoms with Crippen molar-refractivity contribution in [2.75, 3.05) is 0 Å². The van der Waals surface area contributed by atoms with Gasteiger partial charge in [0.15, 0.2) is 0 Å². The van der Waals surface area contributed by atoms with E-state index in [9.17, 15) is 0 Å². The van der Waals surface area contributed by atoms with Gasteiger partial charge in [0.2, 0.25) is 0 Å². The number of benzene rings is 11. The molecule has 388 valence electrons. The molecule has 2 heterocycles. The van der Waals surface area contributed by atoms with Crippen LogP contribution in [0.3, 0.4) is 0 Å². The third-order valence-electron chi connectivity index (χ3n) is 19.6. The number of rotatable bonds is 3. The van der Waals surface area contributed by atoms with Crippen LogP contribution in [0, 0.1) is 0 Å². The van der Waals surface area contributed by atoms with Crippen molar-refractivity contribution in [3.05, 3.63) is 238 Å². The minimum Gasteiger partial charge on any atom is -0.456 e. The summed E-state index contributed by atoms with van der Waals surface area (Å²) in [6.07, 6.45) is 0. The Hall–Kier alpha value is -8.46. The first-order valence-corrected chi connectivity index (χ1v) is 28.8. The van der Waals surface area contributed by atoms with Crippen molar-refractivity contribution in [1.29, 1.82) is 0 Å². The Bertz CT molecular complexity index is 4900. The second kappa shape index (κ2) is 15.7. The molecule has 13 aromatic rings. The highest BCUT2D eigenvalue weighted by atomic mass is 16.3. The Labute approximate surface area is 468 Å². The molecule has 0 amide bonds. The molecule has 2 heteroatoms. The van der Waals surface area contributed by atoms with Crippen LogP contribution in [0.25, 0.3) is 121 Å². The van der Waals surface area contributed by atoms with Gasteiger partial charge in [-0.15, -0.1) is 0 Å². The molecular weight excluding hydrogens is 969 g/mol. The summed E-state index contributed by atoms with van der Waals surface area (Å²) in [4.78, 5) is 0. The molecule has 1 atom stereocenters. The van der Waals surface area contributed by atoms with Gasteiger partial charge in [0.25, 0.3) is 0 Å². The van der Waals surface area contributed by atoms with E-state index < -0.39 is 5.41 Å². The van der Waals surface area contributed by atoms with E-state index in [-0.39, 0.29) is 21.7 Å². The fraction of sp³-hybridized carbons (Fsp3) is 0.205. The smallest absolute Gasteiger partial charge is 0.139 e. The van der Waals surface area contributed by atoms with Gasteiger partial charge in [-0.3, -0.25) is 0 Å². The molecule has 0 radical (unpaired) electrons.